The molecule has 1 heterocycles. The number of aromatic nitrogens is 2. The lowest BCUT2D eigenvalue weighted by Crippen LogP contribution is -2.13. The van der Waals surface area contributed by atoms with E-state index < -0.39 is 0 Å². The standard InChI is InChI=1S/C15H19N3O/c1-2-3-7-13-17-12-6-4-5-11(15(16)19)14(12)18(13)10-8-9-10/h4-6,10H,2-3,7-9H2,1H3,(H2,16,19). The van der Waals surface area contributed by atoms with E-state index in [1.165, 1.54) is 12.8 Å². The maximum absolute atomic E-state index is 11.6. The third kappa shape index (κ3) is 2.11. The molecule has 2 N–H and O–H groups in total. The molecule has 1 aliphatic carbocycles. The molecule has 4 heteroatoms. The Kier molecular flexibility index (Phi) is 3.01. The quantitative estimate of drug-likeness (QED) is 0.895. The maximum Gasteiger partial charge on any atom is 0.250 e. The Labute approximate surface area is 112 Å². The van der Waals surface area contributed by atoms with Gasteiger partial charge in [-0.05, 0) is 31.4 Å². The molecule has 1 aliphatic rings. The number of benzene rings is 1. The predicted octanol–water partition coefficient (Wildman–Crippen LogP) is 2.81. The number of hydrogen-bond acceptors (Lipinski definition) is 2. The van der Waals surface area contributed by atoms with Gasteiger partial charge in [-0.2, -0.15) is 0 Å². The van der Waals surface area contributed by atoms with Crippen molar-refractivity contribution in [1.82, 2.24) is 9.55 Å². The highest BCUT2D eigenvalue weighted by molar-refractivity contribution is 6.04. The first-order chi connectivity index (χ1) is 9.22. The number of rotatable bonds is 5. The van der Waals surface area contributed by atoms with E-state index in [2.05, 4.69) is 11.5 Å². The topological polar surface area (TPSA) is 60.9 Å². The lowest BCUT2D eigenvalue weighted by Gasteiger charge is -2.09. The summed E-state index contributed by atoms with van der Waals surface area (Å²) >= 11 is 0. The van der Waals surface area contributed by atoms with Crippen LogP contribution in [0.1, 0.15) is 54.8 Å². The zero-order chi connectivity index (χ0) is 13.4. The number of nitrogens with zero attached hydrogens (tertiary/aromatic N) is 2. The minimum absolute atomic E-state index is 0.366. The maximum atomic E-state index is 11.6. The average Bonchev–Trinajstić information content (AvgIpc) is 3.16. The molecule has 0 bridgehead atoms. The Bertz CT molecular complexity index is 626. The van der Waals surface area contributed by atoms with E-state index in [0.29, 0.717) is 11.6 Å². The highest BCUT2D eigenvalue weighted by atomic mass is 16.1. The number of amides is 1. The van der Waals surface area contributed by atoms with Gasteiger partial charge in [-0.15, -0.1) is 0 Å². The van der Waals surface area contributed by atoms with Crippen molar-refractivity contribution in [1.29, 1.82) is 0 Å². The number of hydrogen-bond donors (Lipinski definition) is 1. The van der Waals surface area contributed by atoms with Gasteiger partial charge in [0.2, 0.25) is 0 Å². The first-order valence-electron chi connectivity index (χ1n) is 7.02. The molecule has 1 amide bonds. The fourth-order valence-electron chi connectivity index (χ4n) is 2.63. The molecule has 1 aromatic carbocycles. The van der Waals surface area contributed by atoms with Gasteiger partial charge in [-0.3, -0.25) is 4.79 Å². The van der Waals surface area contributed by atoms with E-state index in [1.807, 2.05) is 12.1 Å². The summed E-state index contributed by atoms with van der Waals surface area (Å²) in [5, 5.41) is 0. The van der Waals surface area contributed by atoms with E-state index >= 15 is 0 Å². The summed E-state index contributed by atoms with van der Waals surface area (Å²) in [7, 11) is 0. The summed E-state index contributed by atoms with van der Waals surface area (Å²) in [5.74, 6) is 0.738. The Balaban J connectivity index is 2.19. The molecule has 2 aromatic rings. The number of para-hydroxylation sites is 1. The average molecular weight is 257 g/mol. The van der Waals surface area contributed by atoms with Crippen LogP contribution in [0.4, 0.5) is 0 Å². The molecule has 100 valence electrons. The van der Waals surface area contributed by atoms with Gasteiger partial charge in [-0.1, -0.05) is 19.4 Å². The van der Waals surface area contributed by atoms with Crippen molar-refractivity contribution in [2.75, 3.05) is 0 Å². The first-order valence-corrected chi connectivity index (χ1v) is 7.02. The number of fused-ring (bicyclic) bond motifs is 1. The van der Waals surface area contributed by atoms with Gasteiger partial charge >= 0.3 is 0 Å². The third-order valence-corrected chi connectivity index (χ3v) is 3.71. The van der Waals surface area contributed by atoms with E-state index in [-0.39, 0.29) is 5.91 Å². The molecule has 4 nitrogen and oxygen atoms in total. The van der Waals surface area contributed by atoms with Crippen LogP contribution in [0.2, 0.25) is 0 Å². The van der Waals surface area contributed by atoms with Gasteiger partial charge in [0.1, 0.15) is 5.82 Å². The first kappa shape index (κ1) is 12.2. The minimum Gasteiger partial charge on any atom is -0.366 e. The van der Waals surface area contributed by atoms with Crippen LogP contribution in [0.5, 0.6) is 0 Å². The zero-order valence-electron chi connectivity index (χ0n) is 11.2. The van der Waals surface area contributed by atoms with Crippen LogP contribution >= 0.6 is 0 Å². The summed E-state index contributed by atoms with van der Waals surface area (Å²) in [4.78, 5) is 16.3. The van der Waals surface area contributed by atoms with Crippen LogP contribution in [0.25, 0.3) is 11.0 Å². The monoisotopic (exact) mass is 257 g/mol. The van der Waals surface area contributed by atoms with Crippen LogP contribution in [-0.2, 0) is 6.42 Å². The van der Waals surface area contributed by atoms with Gasteiger partial charge in [0.15, 0.2) is 0 Å². The van der Waals surface area contributed by atoms with Crippen LogP contribution < -0.4 is 5.73 Å². The fourth-order valence-corrected chi connectivity index (χ4v) is 2.63. The second-order valence-electron chi connectivity index (χ2n) is 5.27. The Morgan fingerprint density at radius 3 is 2.89 bits per heavy atom. The van der Waals surface area contributed by atoms with Crippen LogP contribution in [0.3, 0.4) is 0 Å². The number of unbranched alkanes of at least 4 members (excludes halogenated alkanes) is 1. The van der Waals surface area contributed by atoms with E-state index in [0.717, 1.165) is 36.1 Å². The molecule has 0 saturated heterocycles. The molecule has 19 heavy (non-hydrogen) atoms. The Morgan fingerprint density at radius 1 is 1.47 bits per heavy atom. The zero-order valence-corrected chi connectivity index (χ0v) is 11.2. The highest BCUT2D eigenvalue weighted by Crippen LogP contribution is 2.39. The number of imidazole rings is 1. The Hall–Kier alpha value is -1.84. The number of carbonyl (C=O) groups is 1. The number of primary amides is 1. The van der Waals surface area contributed by atoms with Crippen molar-refractivity contribution >= 4 is 16.9 Å². The molecule has 1 saturated carbocycles. The van der Waals surface area contributed by atoms with Crippen LogP contribution in [-0.4, -0.2) is 15.5 Å². The molecule has 0 radical (unpaired) electrons. The summed E-state index contributed by atoms with van der Waals surface area (Å²) < 4.78 is 2.26. The summed E-state index contributed by atoms with van der Waals surface area (Å²) in [6.45, 7) is 2.18. The predicted molar refractivity (Wildman–Crippen MR) is 75.1 cm³/mol. The number of nitrogens with two attached hydrogens (primary N) is 1. The second kappa shape index (κ2) is 4.68. The molecular weight excluding hydrogens is 238 g/mol. The van der Waals surface area contributed by atoms with E-state index in [4.69, 9.17) is 10.7 Å². The van der Waals surface area contributed by atoms with Gasteiger partial charge < -0.3 is 10.3 Å². The molecule has 1 fully saturated rings. The third-order valence-electron chi connectivity index (χ3n) is 3.71. The van der Waals surface area contributed by atoms with Crippen molar-refractivity contribution < 1.29 is 4.79 Å². The van der Waals surface area contributed by atoms with Crippen LogP contribution in [0, 0.1) is 0 Å². The van der Waals surface area contributed by atoms with Crippen molar-refractivity contribution in [3.63, 3.8) is 0 Å². The number of aryl methyl sites for hydroxylation is 1. The summed E-state index contributed by atoms with van der Waals surface area (Å²) in [5.41, 5.74) is 7.93. The molecule has 0 aliphatic heterocycles. The van der Waals surface area contributed by atoms with Crippen molar-refractivity contribution in [3.05, 3.63) is 29.6 Å². The normalized spacial score (nSPS) is 15.0. The molecule has 0 atom stereocenters. The van der Waals surface area contributed by atoms with Crippen molar-refractivity contribution in [3.8, 4) is 0 Å². The van der Waals surface area contributed by atoms with Crippen LogP contribution in [0.15, 0.2) is 18.2 Å². The molecule has 0 spiro atoms. The Morgan fingerprint density at radius 2 is 2.26 bits per heavy atom. The fraction of sp³-hybridized carbons (Fsp3) is 0.467. The molecular formula is C15H19N3O. The largest absolute Gasteiger partial charge is 0.366 e. The highest BCUT2D eigenvalue weighted by Gasteiger charge is 2.29. The van der Waals surface area contributed by atoms with Crippen molar-refractivity contribution in [2.24, 2.45) is 5.73 Å². The number of carbonyl (C=O) groups excluding carboxylic acids is 1. The molecule has 0 unspecified atom stereocenters. The summed E-state index contributed by atoms with van der Waals surface area (Å²) in [6, 6.07) is 6.14. The van der Waals surface area contributed by atoms with E-state index in [9.17, 15) is 4.79 Å². The van der Waals surface area contributed by atoms with Gasteiger partial charge in [0.25, 0.3) is 5.91 Å². The second-order valence-corrected chi connectivity index (χ2v) is 5.27. The van der Waals surface area contributed by atoms with E-state index in [1.54, 1.807) is 6.07 Å². The van der Waals surface area contributed by atoms with Gasteiger partial charge in [0.05, 0.1) is 16.6 Å². The van der Waals surface area contributed by atoms with Crippen molar-refractivity contribution in [2.45, 2.75) is 45.1 Å². The lowest BCUT2D eigenvalue weighted by atomic mass is 10.1. The minimum atomic E-state index is -0.366. The smallest absolute Gasteiger partial charge is 0.250 e. The van der Waals surface area contributed by atoms with Gasteiger partial charge in [-0.25, -0.2) is 4.98 Å². The lowest BCUT2D eigenvalue weighted by molar-refractivity contribution is 0.100. The molecule has 3 rings (SSSR count). The molecule has 1 aromatic heterocycles. The SMILES string of the molecule is CCCCc1nc2cccc(C(N)=O)c2n1C1CC1. The van der Waals surface area contributed by atoms with Gasteiger partial charge in [0, 0.05) is 12.5 Å². The summed E-state index contributed by atoms with van der Waals surface area (Å²) in [6.07, 6.45) is 5.60.